The summed E-state index contributed by atoms with van der Waals surface area (Å²) in [6.45, 7) is 4.01. The number of pyridine rings is 1. The Morgan fingerprint density at radius 3 is 2.75 bits per heavy atom. The van der Waals surface area contributed by atoms with Gasteiger partial charge in [0.2, 0.25) is 0 Å². The van der Waals surface area contributed by atoms with Gasteiger partial charge in [-0.25, -0.2) is 9.97 Å². The lowest BCUT2D eigenvalue weighted by molar-refractivity contribution is 1.06. The van der Waals surface area contributed by atoms with Crippen LogP contribution in [0.4, 0.5) is 5.82 Å². The Balaban J connectivity index is 2.60. The van der Waals surface area contributed by atoms with Crippen LogP contribution in [0.25, 0.3) is 11.3 Å². The summed E-state index contributed by atoms with van der Waals surface area (Å²) < 4.78 is 0. The highest BCUT2D eigenvalue weighted by Crippen LogP contribution is 2.24. The summed E-state index contributed by atoms with van der Waals surface area (Å²) in [5, 5.41) is 0. The van der Waals surface area contributed by atoms with E-state index in [0.717, 1.165) is 28.9 Å². The maximum absolute atomic E-state index is 5.84. The molecule has 0 saturated carbocycles. The normalized spacial score (nSPS) is 10.4. The van der Waals surface area contributed by atoms with Gasteiger partial charge in [0.15, 0.2) is 0 Å². The second kappa shape index (κ2) is 4.26. The van der Waals surface area contributed by atoms with E-state index in [4.69, 9.17) is 5.73 Å². The lowest BCUT2D eigenvalue weighted by Gasteiger charge is -2.08. The Bertz CT molecular complexity index is 508. The van der Waals surface area contributed by atoms with Crippen LogP contribution in [0.5, 0.6) is 0 Å². The van der Waals surface area contributed by atoms with Crippen molar-refractivity contribution in [2.75, 3.05) is 5.73 Å². The van der Waals surface area contributed by atoms with E-state index in [9.17, 15) is 0 Å². The number of rotatable bonds is 2. The van der Waals surface area contributed by atoms with Crippen molar-refractivity contribution in [1.29, 1.82) is 0 Å². The summed E-state index contributed by atoms with van der Waals surface area (Å²) in [5.41, 5.74) is 9.75. The SMILES string of the molecule is CCc1c(N)ncnc1-c1ccnc(C)c1. The minimum atomic E-state index is 0.557. The summed E-state index contributed by atoms with van der Waals surface area (Å²) in [6, 6.07) is 3.94. The third-order valence-electron chi connectivity index (χ3n) is 2.50. The predicted molar refractivity (Wildman–Crippen MR) is 63.8 cm³/mol. The zero-order valence-corrected chi connectivity index (χ0v) is 9.44. The lowest BCUT2D eigenvalue weighted by Crippen LogP contribution is -2.01. The molecule has 0 bridgehead atoms. The molecule has 0 saturated heterocycles. The van der Waals surface area contributed by atoms with Crippen molar-refractivity contribution in [3.8, 4) is 11.3 Å². The van der Waals surface area contributed by atoms with Gasteiger partial charge < -0.3 is 5.73 Å². The van der Waals surface area contributed by atoms with Gasteiger partial charge in [-0.05, 0) is 25.5 Å². The third-order valence-corrected chi connectivity index (χ3v) is 2.50. The molecule has 2 rings (SSSR count). The molecule has 0 fully saturated rings. The molecule has 4 heteroatoms. The van der Waals surface area contributed by atoms with Crippen LogP contribution in [0, 0.1) is 6.92 Å². The van der Waals surface area contributed by atoms with E-state index in [2.05, 4.69) is 15.0 Å². The first-order valence-electron chi connectivity index (χ1n) is 5.24. The fraction of sp³-hybridized carbons (Fsp3) is 0.250. The van der Waals surface area contributed by atoms with Gasteiger partial charge in [-0.3, -0.25) is 4.98 Å². The second-order valence-electron chi connectivity index (χ2n) is 3.63. The number of nitrogens with two attached hydrogens (primary N) is 1. The van der Waals surface area contributed by atoms with Crippen molar-refractivity contribution in [3.05, 3.63) is 35.9 Å². The Morgan fingerprint density at radius 2 is 2.06 bits per heavy atom. The van der Waals surface area contributed by atoms with Crippen molar-refractivity contribution in [2.24, 2.45) is 0 Å². The summed E-state index contributed by atoms with van der Waals surface area (Å²) >= 11 is 0. The van der Waals surface area contributed by atoms with Crippen molar-refractivity contribution < 1.29 is 0 Å². The van der Waals surface area contributed by atoms with Gasteiger partial charge in [-0.15, -0.1) is 0 Å². The van der Waals surface area contributed by atoms with Gasteiger partial charge >= 0.3 is 0 Å². The van der Waals surface area contributed by atoms with E-state index in [0.29, 0.717) is 5.82 Å². The molecule has 4 nitrogen and oxygen atoms in total. The highest BCUT2D eigenvalue weighted by molar-refractivity contribution is 5.67. The average molecular weight is 214 g/mol. The Labute approximate surface area is 94.6 Å². The molecule has 0 aromatic carbocycles. The smallest absolute Gasteiger partial charge is 0.130 e. The van der Waals surface area contributed by atoms with E-state index >= 15 is 0 Å². The molecule has 2 heterocycles. The number of hydrogen-bond acceptors (Lipinski definition) is 4. The number of aromatic nitrogens is 3. The van der Waals surface area contributed by atoms with Crippen LogP contribution in [-0.2, 0) is 6.42 Å². The maximum atomic E-state index is 5.84. The zero-order chi connectivity index (χ0) is 11.5. The highest BCUT2D eigenvalue weighted by Gasteiger charge is 2.09. The fourth-order valence-corrected chi connectivity index (χ4v) is 1.72. The van der Waals surface area contributed by atoms with Gasteiger partial charge in [0.1, 0.15) is 12.1 Å². The van der Waals surface area contributed by atoms with E-state index in [-0.39, 0.29) is 0 Å². The molecular weight excluding hydrogens is 200 g/mol. The molecule has 0 spiro atoms. The third kappa shape index (κ3) is 1.86. The monoisotopic (exact) mass is 214 g/mol. The molecule has 0 aliphatic rings. The number of hydrogen-bond donors (Lipinski definition) is 1. The second-order valence-corrected chi connectivity index (χ2v) is 3.63. The summed E-state index contributed by atoms with van der Waals surface area (Å²) in [5.74, 6) is 0.557. The van der Waals surface area contributed by atoms with Crippen LogP contribution in [0.15, 0.2) is 24.7 Å². The van der Waals surface area contributed by atoms with Gasteiger partial charge in [0.05, 0.1) is 5.69 Å². The summed E-state index contributed by atoms with van der Waals surface area (Å²) in [7, 11) is 0. The lowest BCUT2D eigenvalue weighted by atomic mass is 10.1. The standard InChI is InChI=1S/C12H14N4/c1-3-10-11(15-7-16-12(10)13)9-4-5-14-8(2)6-9/h4-7H,3H2,1-2H3,(H2,13,15,16). The molecule has 0 atom stereocenters. The topological polar surface area (TPSA) is 64.7 Å². The van der Waals surface area contributed by atoms with E-state index in [1.54, 1.807) is 6.20 Å². The predicted octanol–water partition coefficient (Wildman–Crippen LogP) is 1.99. The number of nitrogen functional groups attached to an aromatic ring is 1. The van der Waals surface area contributed by atoms with Gasteiger partial charge in [-0.2, -0.15) is 0 Å². The Morgan fingerprint density at radius 1 is 1.25 bits per heavy atom. The van der Waals surface area contributed by atoms with E-state index in [1.165, 1.54) is 6.33 Å². The Kier molecular flexibility index (Phi) is 2.81. The molecule has 2 aromatic heterocycles. The van der Waals surface area contributed by atoms with Gasteiger partial charge in [0, 0.05) is 23.0 Å². The molecule has 16 heavy (non-hydrogen) atoms. The van der Waals surface area contributed by atoms with Crippen molar-refractivity contribution in [3.63, 3.8) is 0 Å². The first-order valence-corrected chi connectivity index (χ1v) is 5.24. The highest BCUT2D eigenvalue weighted by atomic mass is 14.9. The molecule has 0 aliphatic heterocycles. The summed E-state index contributed by atoms with van der Waals surface area (Å²) in [4.78, 5) is 12.5. The molecule has 2 aromatic rings. The number of aryl methyl sites for hydroxylation is 1. The quantitative estimate of drug-likeness (QED) is 0.830. The Hall–Kier alpha value is -1.97. The fourth-order valence-electron chi connectivity index (χ4n) is 1.72. The van der Waals surface area contributed by atoms with Gasteiger partial charge in [-0.1, -0.05) is 6.92 Å². The number of nitrogens with zero attached hydrogens (tertiary/aromatic N) is 3. The zero-order valence-electron chi connectivity index (χ0n) is 9.44. The molecular formula is C12H14N4. The maximum Gasteiger partial charge on any atom is 0.130 e. The molecule has 0 radical (unpaired) electrons. The van der Waals surface area contributed by atoms with Crippen LogP contribution >= 0.6 is 0 Å². The molecule has 2 N–H and O–H groups in total. The first kappa shape index (κ1) is 10.5. The van der Waals surface area contributed by atoms with Crippen LogP contribution in [-0.4, -0.2) is 15.0 Å². The van der Waals surface area contributed by atoms with Crippen LogP contribution in [0.2, 0.25) is 0 Å². The van der Waals surface area contributed by atoms with Crippen molar-refractivity contribution in [1.82, 2.24) is 15.0 Å². The van der Waals surface area contributed by atoms with Crippen LogP contribution < -0.4 is 5.73 Å². The first-order chi connectivity index (χ1) is 7.72. The largest absolute Gasteiger partial charge is 0.383 e. The molecule has 82 valence electrons. The molecule has 0 aliphatic carbocycles. The van der Waals surface area contributed by atoms with Crippen molar-refractivity contribution >= 4 is 5.82 Å². The number of anilines is 1. The van der Waals surface area contributed by atoms with Crippen LogP contribution in [0.3, 0.4) is 0 Å². The minimum Gasteiger partial charge on any atom is -0.383 e. The van der Waals surface area contributed by atoms with E-state index in [1.807, 2.05) is 26.0 Å². The minimum absolute atomic E-state index is 0.557. The molecule has 0 unspecified atom stereocenters. The summed E-state index contributed by atoms with van der Waals surface area (Å²) in [6.07, 6.45) is 4.10. The average Bonchev–Trinajstić information content (AvgIpc) is 2.28. The molecule has 0 amide bonds. The van der Waals surface area contributed by atoms with Gasteiger partial charge in [0.25, 0.3) is 0 Å². The van der Waals surface area contributed by atoms with E-state index < -0.39 is 0 Å². The van der Waals surface area contributed by atoms with Crippen molar-refractivity contribution in [2.45, 2.75) is 20.3 Å². The van der Waals surface area contributed by atoms with Crippen LogP contribution in [0.1, 0.15) is 18.2 Å².